The lowest BCUT2D eigenvalue weighted by molar-refractivity contribution is 0.130. The third-order valence-electron chi connectivity index (χ3n) is 6.58. The number of rotatable bonds is 8. The molecule has 48 heavy (non-hydrogen) atoms. The standard InChI is InChI=1S/C44H52O4/c1-41(2,3)45-35-21-13-31(14-22-35)39(32-15-23-36(24-16-32)46-42(4,5)6)29-30-40(33-17-25-37(26-18-33)47-43(7,8)9)34-19-27-38(28-20-34)48-44(10,11)12/h13-28H,1-12H3. The molecule has 0 aliphatic rings. The minimum absolute atomic E-state index is 0.290. The summed E-state index contributed by atoms with van der Waals surface area (Å²) in [7, 11) is 0. The lowest BCUT2D eigenvalue weighted by Gasteiger charge is -2.22. The van der Waals surface area contributed by atoms with Crippen molar-refractivity contribution in [1.82, 2.24) is 0 Å². The van der Waals surface area contributed by atoms with Crippen LogP contribution in [-0.2, 0) is 0 Å². The van der Waals surface area contributed by atoms with Crippen molar-refractivity contribution in [3.8, 4) is 23.0 Å². The molecule has 0 aliphatic heterocycles. The van der Waals surface area contributed by atoms with Gasteiger partial charge in [-0.25, -0.2) is 0 Å². The second-order valence-electron chi connectivity index (χ2n) is 16.0. The molecule has 4 nitrogen and oxygen atoms in total. The Morgan fingerprint density at radius 3 is 0.625 bits per heavy atom. The van der Waals surface area contributed by atoms with E-state index < -0.39 is 0 Å². The topological polar surface area (TPSA) is 36.9 Å². The van der Waals surface area contributed by atoms with Crippen molar-refractivity contribution in [3.05, 3.63) is 131 Å². The number of benzene rings is 4. The molecule has 252 valence electrons. The summed E-state index contributed by atoms with van der Waals surface area (Å²) in [6.07, 6.45) is 0. The van der Waals surface area contributed by atoms with Gasteiger partial charge in [0, 0.05) is 11.1 Å². The van der Waals surface area contributed by atoms with E-state index in [4.69, 9.17) is 18.9 Å². The van der Waals surface area contributed by atoms with Crippen LogP contribution in [0.1, 0.15) is 105 Å². The summed E-state index contributed by atoms with van der Waals surface area (Å²) in [5, 5.41) is 0. The highest BCUT2D eigenvalue weighted by molar-refractivity contribution is 5.83. The van der Waals surface area contributed by atoms with Crippen molar-refractivity contribution in [2.75, 3.05) is 0 Å². The molecule has 0 saturated carbocycles. The molecule has 4 heteroatoms. The maximum absolute atomic E-state index is 6.11. The summed E-state index contributed by atoms with van der Waals surface area (Å²) >= 11 is 0. The minimum Gasteiger partial charge on any atom is -0.488 e. The van der Waals surface area contributed by atoms with E-state index in [2.05, 4.69) is 60.0 Å². The van der Waals surface area contributed by atoms with Gasteiger partial charge in [0.15, 0.2) is 0 Å². The van der Waals surface area contributed by atoms with Crippen LogP contribution in [0.4, 0.5) is 0 Å². The maximum atomic E-state index is 6.11. The second kappa shape index (κ2) is 14.2. The van der Waals surface area contributed by atoms with Gasteiger partial charge in [-0.1, -0.05) is 60.0 Å². The van der Waals surface area contributed by atoms with Crippen molar-refractivity contribution >= 4 is 11.1 Å². The van der Waals surface area contributed by atoms with E-state index in [-0.39, 0.29) is 22.4 Å². The van der Waals surface area contributed by atoms with Crippen LogP contribution in [0.5, 0.6) is 23.0 Å². The highest BCUT2D eigenvalue weighted by atomic mass is 16.5. The number of hydrogen-bond donors (Lipinski definition) is 0. The molecular weight excluding hydrogens is 592 g/mol. The predicted molar refractivity (Wildman–Crippen MR) is 199 cm³/mol. The first-order chi connectivity index (χ1) is 22.2. The molecule has 4 aromatic carbocycles. The first-order valence-electron chi connectivity index (χ1n) is 16.7. The van der Waals surface area contributed by atoms with Gasteiger partial charge in [-0.05, 0) is 154 Å². The van der Waals surface area contributed by atoms with Gasteiger partial charge in [-0.15, -0.1) is 0 Å². The number of ether oxygens (including phenoxy) is 4. The van der Waals surface area contributed by atoms with Crippen LogP contribution >= 0.6 is 0 Å². The molecule has 0 aromatic heterocycles. The van der Waals surface area contributed by atoms with E-state index in [1.54, 1.807) is 0 Å². The summed E-state index contributed by atoms with van der Waals surface area (Å²) < 4.78 is 24.4. The van der Waals surface area contributed by atoms with Gasteiger partial charge in [0.25, 0.3) is 0 Å². The normalized spacial score (nSPS) is 12.0. The minimum atomic E-state index is -0.290. The lowest BCUT2D eigenvalue weighted by Crippen LogP contribution is -2.22. The van der Waals surface area contributed by atoms with Crippen LogP contribution in [0.2, 0.25) is 0 Å². The molecule has 0 unspecified atom stereocenters. The van der Waals surface area contributed by atoms with Crippen LogP contribution in [0.3, 0.4) is 0 Å². The Kier molecular flexibility index (Phi) is 10.7. The largest absolute Gasteiger partial charge is 0.488 e. The molecular formula is C44H52O4. The Morgan fingerprint density at radius 2 is 0.479 bits per heavy atom. The lowest BCUT2D eigenvalue weighted by atomic mass is 9.96. The van der Waals surface area contributed by atoms with Gasteiger partial charge in [0.2, 0.25) is 0 Å². The molecule has 0 N–H and O–H groups in total. The van der Waals surface area contributed by atoms with Crippen molar-refractivity contribution in [3.63, 3.8) is 0 Å². The zero-order valence-electron chi connectivity index (χ0n) is 30.9. The van der Waals surface area contributed by atoms with Crippen molar-refractivity contribution in [1.29, 1.82) is 0 Å². The molecule has 0 aliphatic carbocycles. The van der Waals surface area contributed by atoms with E-state index in [9.17, 15) is 0 Å². The van der Waals surface area contributed by atoms with Crippen LogP contribution in [0.25, 0.3) is 11.1 Å². The van der Waals surface area contributed by atoms with E-state index in [0.29, 0.717) is 0 Å². The first-order valence-corrected chi connectivity index (χ1v) is 16.7. The molecule has 0 heterocycles. The fraction of sp³-hybridized carbons (Fsp3) is 0.364. The van der Waals surface area contributed by atoms with Gasteiger partial charge < -0.3 is 18.9 Å². The summed E-state index contributed by atoms with van der Waals surface area (Å²) in [6.45, 7) is 24.6. The fourth-order valence-corrected chi connectivity index (χ4v) is 4.92. The summed E-state index contributed by atoms with van der Waals surface area (Å²) in [5.74, 6) is 3.26. The van der Waals surface area contributed by atoms with Gasteiger partial charge in [0.1, 0.15) is 45.4 Å². The maximum Gasteiger partial charge on any atom is 0.120 e. The predicted octanol–water partition coefficient (Wildman–Crippen LogP) is 11.7. The van der Waals surface area contributed by atoms with E-state index in [1.165, 1.54) is 0 Å². The molecule has 0 atom stereocenters. The Hall–Kier alpha value is -4.62. The summed E-state index contributed by atoms with van der Waals surface area (Å²) in [5.41, 5.74) is 11.8. The van der Waals surface area contributed by atoms with Crippen molar-refractivity contribution in [2.24, 2.45) is 0 Å². The second-order valence-corrected chi connectivity index (χ2v) is 16.0. The van der Waals surface area contributed by atoms with Crippen LogP contribution < -0.4 is 18.9 Å². The Labute approximate surface area is 288 Å². The van der Waals surface area contributed by atoms with Crippen molar-refractivity contribution in [2.45, 2.75) is 105 Å². The molecule has 0 fully saturated rings. The van der Waals surface area contributed by atoms with Gasteiger partial charge in [0.05, 0.1) is 0 Å². The van der Waals surface area contributed by atoms with Gasteiger partial charge in [-0.3, -0.25) is 0 Å². The molecule has 0 bridgehead atoms. The van der Waals surface area contributed by atoms with Crippen LogP contribution in [0.15, 0.2) is 109 Å². The van der Waals surface area contributed by atoms with E-state index >= 15 is 0 Å². The summed E-state index contributed by atoms with van der Waals surface area (Å²) in [6, 6.07) is 32.6. The summed E-state index contributed by atoms with van der Waals surface area (Å²) in [4.78, 5) is 0. The zero-order valence-corrected chi connectivity index (χ0v) is 30.9. The Morgan fingerprint density at radius 1 is 0.312 bits per heavy atom. The molecule has 0 saturated heterocycles. The Bertz CT molecular complexity index is 1490. The van der Waals surface area contributed by atoms with Gasteiger partial charge in [-0.2, -0.15) is 0 Å². The Balaban J connectivity index is 1.92. The highest BCUT2D eigenvalue weighted by Gasteiger charge is 2.16. The first kappa shape index (κ1) is 36.2. The average molecular weight is 645 g/mol. The zero-order chi connectivity index (χ0) is 35.3. The quantitative estimate of drug-likeness (QED) is 0.179. The smallest absolute Gasteiger partial charge is 0.120 e. The highest BCUT2D eigenvalue weighted by Crippen LogP contribution is 2.31. The van der Waals surface area contributed by atoms with E-state index in [0.717, 1.165) is 56.4 Å². The van der Waals surface area contributed by atoms with Crippen LogP contribution in [0, 0.1) is 0 Å². The molecule has 0 spiro atoms. The van der Waals surface area contributed by atoms with Crippen LogP contribution in [-0.4, -0.2) is 22.4 Å². The average Bonchev–Trinajstić information content (AvgIpc) is 2.95. The molecule has 4 rings (SSSR count). The van der Waals surface area contributed by atoms with Crippen molar-refractivity contribution < 1.29 is 18.9 Å². The monoisotopic (exact) mass is 644 g/mol. The third kappa shape index (κ3) is 11.6. The van der Waals surface area contributed by atoms with Gasteiger partial charge >= 0.3 is 0 Å². The fourth-order valence-electron chi connectivity index (χ4n) is 4.92. The SMILES string of the molecule is CC(C)(C)Oc1ccc(C(=C=C=C(c2ccc(OC(C)(C)C)cc2)c2ccc(OC(C)(C)C)cc2)c2ccc(OC(C)(C)C)cc2)cc1. The third-order valence-corrected chi connectivity index (χ3v) is 6.58. The number of hydrogen-bond acceptors (Lipinski definition) is 4. The molecule has 0 radical (unpaired) electrons. The van der Waals surface area contributed by atoms with E-state index in [1.807, 2.05) is 132 Å². The molecule has 4 aromatic rings. The molecule has 0 amide bonds.